The molecule has 1 aromatic heterocycles. The molecular weight excluding hydrogens is 247 g/mol. The molecule has 0 bridgehead atoms. The number of pyridine rings is 1. The lowest BCUT2D eigenvalue weighted by Crippen LogP contribution is -2.15. The van der Waals surface area contributed by atoms with Crippen molar-refractivity contribution in [2.45, 2.75) is 25.1 Å². The van der Waals surface area contributed by atoms with Crippen molar-refractivity contribution in [3.63, 3.8) is 0 Å². The SMILES string of the molecule is OC(CC1CCOC1)c1cnccc1C(F)(F)F. The average molecular weight is 261 g/mol. The van der Waals surface area contributed by atoms with Gasteiger partial charge in [-0.2, -0.15) is 13.2 Å². The number of hydrogen-bond acceptors (Lipinski definition) is 3. The molecule has 0 amide bonds. The molecule has 18 heavy (non-hydrogen) atoms. The Bertz CT molecular complexity index is 403. The number of nitrogens with zero attached hydrogens (tertiary/aromatic N) is 1. The lowest BCUT2D eigenvalue weighted by Gasteiger charge is -2.18. The van der Waals surface area contributed by atoms with Crippen LogP contribution in [0.4, 0.5) is 13.2 Å². The third kappa shape index (κ3) is 3.00. The van der Waals surface area contributed by atoms with Gasteiger partial charge in [-0.3, -0.25) is 4.98 Å². The molecule has 0 aliphatic carbocycles. The molecule has 1 aliphatic heterocycles. The predicted octanol–water partition coefficient (Wildman–Crippen LogP) is 2.56. The van der Waals surface area contributed by atoms with E-state index in [4.69, 9.17) is 4.74 Å². The summed E-state index contributed by atoms with van der Waals surface area (Å²) in [7, 11) is 0. The van der Waals surface area contributed by atoms with Crippen LogP contribution in [0.3, 0.4) is 0 Å². The topological polar surface area (TPSA) is 42.4 Å². The molecule has 2 unspecified atom stereocenters. The summed E-state index contributed by atoms with van der Waals surface area (Å²) in [6.45, 7) is 1.11. The number of alkyl halides is 3. The number of hydrogen-bond donors (Lipinski definition) is 1. The van der Waals surface area contributed by atoms with E-state index in [1.54, 1.807) is 0 Å². The van der Waals surface area contributed by atoms with Crippen molar-refractivity contribution >= 4 is 0 Å². The fraction of sp³-hybridized carbons (Fsp3) is 0.583. The van der Waals surface area contributed by atoms with Crippen LogP contribution in [0.2, 0.25) is 0 Å². The van der Waals surface area contributed by atoms with E-state index in [1.807, 2.05) is 0 Å². The van der Waals surface area contributed by atoms with E-state index in [1.165, 1.54) is 0 Å². The van der Waals surface area contributed by atoms with Crippen molar-refractivity contribution < 1.29 is 23.0 Å². The Balaban J connectivity index is 2.16. The van der Waals surface area contributed by atoms with Crippen molar-refractivity contribution in [1.29, 1.82) is 0 Å². The van der Waals surface area contributed by atoms with E-state index in [0.29, 0.717) is 13.2 Å². The monoisotopic (exact) mass is 261 g/mol. The molecule has 0 aromatic carbocycles. The molecule has 1 aliphatic rings. The molecule has 1 saturated heterocycles. The Morgan fingerprint density at radius 3 is 2.89 bits per heavy atom. The van der Waals surface area contributed by atoms with Crippen molar-refractivity contribution in [2.24, 2.45) is 5.92 Å². The lowest BCUT2D eigenvalue weighted by molar-refractivity contribution is -0.139. The van der Waals surface area contributed by atoms with Gasteiger partial charge in [-0.05, 0) is 24.8 Å². The molecule has 2 heterocycles. The highest BCUT2D eigenvalue weighted by Gasteiger charge is 2.35. The molecule has 0 spiro atoms. The van der Waals surface area contributed by atoms with Gasteiger partial charge in [0.05, 0.1) is 11.7 Å². The van der Waals surface area contributed by atoms with Crippen LogP contribution >= 0.6 is 0 Å². The molecule has 0 radical (unpaired) electrons. The molecule has 1 N–H and O–H groups in total. The second kappa shape index (κ2) is 5.24. The van der Waals surface area contributed by atoms with Gasteiger partial charge in [0, 0.05) is 31.2 Å². The normalized spacial score (nSPS) is 22.1. The van der Waals surface area contributed by atoms with Gasteiger partial charge < -0.3 is 9.84 Å². The Kier molecular flexibility index (Phi) is 3.87. The largest absolute Gasteiger partial charge is 0.416 e. The van der Waals surface area contributed by atoms with E-state index < -0.39 is 17.8 Å². The molecule has 0 saturated carbocycles. The smallest absolute Gasteiger partial charge is 0.388 e. The van der Waals surface area contributed by atoms with E-state index in [-0.39, 0.29) is 17.9 Å². The first-order valence-electron chi connectivity index (χ1n) is 5.75. The quantitative estimate of drug-likeness (QED) is 0.909. The Morgan fingerprint density at radius 2 is 2.28 bits per heavy atom. The van der Waals surface area contributed by atoms with Gasteiger partial charge in [0.2, 0.25) is 0 Å². The van der Waals surface area contributed by atoms with Gasteiger partial charge in [-0.15, -0.1) is 0 Å². The minimum Gasteiger partial charge on any atom is -0.388 e. The van der Waals surface area contributed by atoms with Crippen LogP contribution < -0.4 is 0 Å². The fourth-order valence-corrected chi connectivity index (χ4v) is 2.14. The summed E-state index contributed by atoms with van der Waals surface area (Å²) >= 11 is 0. The number of aliphatic hydroxyl groups excluding tert-OH is 1. The molecule has 1 fully saturated rings. The minimum atomic E-state index is -4.47. The first kappa shape index (κ1) is 13.3. The highest BCUT2D eigenvalue weighted by Crippen LogP contribution is 2.36. The summed E-state index contributed by atoms with van der Waals surface area (Å²) in [5.41, 5.74) is -0.971. The summed E-state index contributed by atoms with van der Waals surface area (Å²) < 4.78 is 43.4. The maximum atomic E-state index is 12.8. The maximum Gasteiger partial charge on any atom is 0.416 e. The van der Waals surface area contributed by atoms with Gasteiger partial charge in [-0.25, -0.2) is 0 Å². The summed E-state index contributed by atoms with van der Waals surface area (Å²) in [6, 6.07) is 0.893. The molecule has 100 valence electrons. The van der Waals surface area contributed by atoms with Crippen LogP contribution in [0.15, 0.2) is 18.5 Å². The second-order valence-electron chi connectivity index (χ2n) is 4.44. The Hall–Kier alpha value is -1.14. The van der Waals surface area contributed by atoms with Crippen LogP contribution in [0.1, 0.15) is 30.1 Å². The zero-order valence-corrected chi connectivity index (χ0v) is 9.65. The third-order valence-corrected chi connectivity index (χ3v) is 3.10. The van der Waals surface area contributed by atoms with Gasteiger partial charge >= 0.3 is 6.18 Å². The number of halogens is 3. The van der Waals surface area contributed by atoms with Crippen LogP contribution in [0.25, 0.3) is 0 Å². The second-order valence-corrected chi connectivity index (χ2v) is 4.44. The molecule has 2 atom stereocenters. The van der Waals surface area contributed by atoms with Gasteiger partial charge in [0.15, 0.2) is 0 Å². The third-order valence-electron chi connectivity index (χ3n) is 3.10. The average Bonchev–Trinajstić information content (AvgIpc) is 2.80. The Morgan fingerprint density at radius 1 is 1.50 bits per heavy atom. The van der Waals surface area contributed by atoms with E-state index in [2.05, 4.69) is 4.98 Å². The number of aromatic nitrogens is 1. The van der Waals surface area contributed by atoms with Gasteiger partial charge in [-0.1, -0.05) is 0 Å². The fourth-order valence-electron chi connectivity index (χ4n) is 2.14. The summed E-state index contributed by atoms with van der Waals surface area (Å²) in [5.74, 6) is 0.112. The first-order valence-corrected chi connectivity index (χ1v) is 5.75. The zero-order chi connectivity index (χ0) is 13.2. The van der Waals surface area contributed by atoms with Crippen molar-refractivity contribution in [1.82, 2.24) is 4.98 Å². The summed E-state index contributed by atoms with van der Waals surface area (Å²) in [6.07, 6.45) is -2.40. The van der Waals surface area contributed by atoms with E-state index in [0.717, 1.165) is 24.9 Å². The van der Waals surface area contributed by atoms with Gasteiger partial charge in [0.25, 0.3) is 0 Å². The molecule has 6 heteroatoms. The van der Waals surface area contributed by atoms with Crippen LogP contribution in [-0.4, -0.2) is 23.3 Å². The van der Waals surface area contributed by atoms with Crippen LogP contribution in [-0.2, 0) is 10.9 Å². The molecule has 2 rings (SSSR count). The van der Waals surface area contributed by atoms with E-state index >= 15 is 0 Å². The number of ether oxygens (including phenoxy) is 1. The van der Waals surface area contributed by atoms with Crippen LogP contribution in [0, 0.1) is 5.92 Å². The summed E-state index contributed by atoms with van der Waals surface area (Å²) in [5, 5.41) is 9.93. The first-order chi connectivity index (χ1) is 8.48. The predicted molar refractivity (Wildman–Crippen MR) is 57.7 cm³/mol. The number of aliphatic hydroxyl groups is 1. The van der Waals surface area contributed by atoms with Crippen molar-refractivity contribution in [3.05, 3.63) is 29.6 Å². The van der Waals surface area contributed by atoms with Crippen LogP contribution in [0.5, 0.6) is 0 Å². The lowest BCUT2D eigenvalue weighted by atomic mass is 9.94. The summed E-state index contributed by atoms with van der Waals surface area (Å²) in [4.78, 5) is 3.66. The minimum absolute atomic E-state index is 0.112. The number of rotatable bonds is 3. The highest BCUT2D eigenvalue weighted by molar-refractivity contribution is 5.28. The molecule has 3 nitrogen and oxygen atoms in total. The molecule has 1 aromatic rings. The van der Waals surface area contributed by atoms with E-state index in [9.17, 15) is 18.3 Å². The van der Waals surface area contributed by atoms with Crippen molar-refractivity contribution in [2.75, 3.05) is 13.2 Å². The highest BCUT2D eigenvalue weighted by atomic mass is 19.4. The zero-order valence-electron chi connectivity index (χ0n) is 9.65. The molecular formula is C12H14F3NO2. The maximum absolute atomic E-state index is 12.8. The van der Waals surface area contributed by atoms with Gasteiger partial charge in [0.1, 0.15) is 0 Å². The standard InChI is InChI=1S/C12H14F3NO2/c13-12(14,15)10-1-3-16-6-9(10)11(17)5-8-2-4-18-7-8/h1,3,6,8,11,17H,2,4-5,7H2. The Labute approximate surface area is 103 Å². The van der Waals surface area contributed by atoms with Crippen molar-refractivity contribution in [3.8, 4) is 0 Å².